The molecule has 23 heavy (non-hydrogen) atoms. The number of rotatable bonds is 2. The van der Waals surface area contributed by atoms with Crippen LogP contribution in [0, 0.1) is 12.8 Å². The van der Waals surface area contributed by atoms with Crippen molar-refractivity contribution in [2.24, 2.45) is 5.92 Å². The molecule has 1 aromatic heterocycles. The van der Waals surface area contributed by atoms with Crippen LogP contribution in [0.5, 0.6) is 0 Å². The average Bonchev–Trinajstić information content (AvgIpc) is 2.56. The molecule has 2 fully saturated rings. The number of carbonyl (C=O) groups excluding carboxylic acids is 1. The van der Waals surface area contributed by atoms with Crippen molar-refractivity contribution >= 4 is 22.5 Å². The first-order valence-corrected chi connectivity index (χ1v) is 8.07. The van der Waals surface area contributed by atoms with E-state index in [-0.39, 0.29) is 11.8 Å². The molecule has 6 heteroatoms. The van der Waals surface area contributed by atoms with Crippen LogP contribution in [0.3, 0.4) is 0 Å². The first kappa shape index (κ1) is 14.4. The zero-order chi connectivity index (χ0) is 15.8. The van der Waals surface area contributed by atoms with Crippen LogP contribution in [0.1, 0.15) is 5.69 Å². The quantitative estimate of drug-likeness (QED) is 0.835. The fraction of sp³-hybridized carbons (Fsp3) is 0.471. The maximum absolute atomic E-state index is 12.5. The number of ether oxygens (including phenoxy) is 1. The highest BCUT2D eigenvalue weighted by Gasteiger charge is 2.37. The second-order valence-corrected chi connectivity index (χ2v) is 6.19. The third-order valence-corrected chi connectivity index (χ3v) is 4.71. The molecule has 0 saturated carbocycles. The van der Waals surface area contributed by atoms with E-state index in [4.69, 9.17) is 4.74 Å². The molecule has 1 aromatic carbocycles. The Balaban J connectivity index is 1.50. The number of amides is 1. The number of hydrogen-bond donors (Lipinski definition) is 0. The van der Waals surface area contributed by atoms with Gasteiger partial charge in [-0.05, 0) is 6.92 Å². The maximum atomic E-state index is 12.5. The van der Waals surface area contributed by atoms with Gasteiger partial charge in [-0.1, -0.05) is 24.3 Å². The molecule has 2 aliphatic heterocycles. The fourth-order valence-corrected chi connectivity index (χ4v) is 3.31. The summed E-state index contributed by atoms with van der Waals surface area (Å²) < 4.78 is 5.31. The number of benzene rings is 1. The van der Waals surface area contributed by atoms with E-state index >= 15 is 0 Å². The molecule has 3 heterocycles. The van der Waals surface area contributed by atoms with E-state index in [2.05, 4.69) is 27.2 Å². The van der Waals surface area contributed by atoms with Gasteiger partial charge in [0, 0.05) is 37.0 Å². The summed E-state index contributed by atoms with van der Waals surface area (Å²) in [5, 5.41) is 10.9. The molecule has 0 atom stereocenters. The lowest BCUT2D eigenvalue weighted by Crippen LogP contribution is -2.56. The molecule has 0 unspecified atom stereocenters. The van der Waals surface area contributed by atoms with Crippen molar-refractivity contribution in [1.82, 2.24) is 15.1 Å². The first-order valence-electron chi connectivity index (χ1n) is 8.07. The lowest BCUT2D eigenvalue weighted by molar-refractivity contribution is -0.140. The van der Waals surface area contributed by atoms with Crippen LogP contribution in [-0.2, 0) is 9.53 Å². The van der Waals surface area contributed by atoms with Gasteiger partial charge in [-0.2, -0.15) is 5.10 Å². The molecule has 2 aromatic rings. The van der Waals surface area contributed by atoms with Gasteiger partial charge in [0.25, 0.3) is 0 Å². The molecule has 1 amide bonds. The van der Waals surface area contributed by atoms with Crippen molar-refractivity contribution in [2.75, 3.05) is 44.3 Å². The summed E-state index contributed by atoms with van der Waals surface area (Å²) in [6.07, 6.45) is 0. The summed E-state index contributed by atoms with van der Waals surface area (Å²) in [6, 6.07) is 8.17. The largest absolute Gasteiger partial charge is 0.378 e. The second-order valence-electron chi connectivity index (χ2n) is 6.19. The molecule has 0 bridgehead atoms. The minimum atomic E-state index is 0.0648. The third-order valence-electron chi connectivity index (χ3n) is 4.71. The first-order chi connectivity index (χ1) is 11.2. The number of aryl methyl sites for hydroxylation is 1. The van der Waals surface area contributed by atoms with Gasteiger partial charge >= 0.3 is 0 Å². The van der Waals surface area contributed by atoms with E-state index in [9.17, 15) is 4.79 Å². The number of hydrogen-bond acceptors (Lipinski definition) is 5. The minimum absolute atomic E-state index is 0.0648. The van der Waals surface area contributed by atoms with Gasteiger partial charge in [0.2, 0.25) is 5.91 Å². The van der Waals surface area contributed by atoms with Gasteiger partial charge < -0.3 is 14.5 Å². The third kappa shape index (κ3) is 2.53. The fourth-order valence-electron chi connectivity index (χ4n) is 3.31. The second kappa shape index (κ2) is 5.77. The van der Waals surface area contributed by atoms with Gasteiger partial charge in [-0.3, -0.25) is 4.79 Å². The summed E-state index contributed by atoms with van der Waals surface area (Å²) in [4.78, 5) is 16.6. The molecule has 120 valence electrons. The Labute approximate surface area is 135 Å². The normalized spacial score (nSPS) is 19.0. The predicted molar refractivity (Wildman–Crippen MR) is 87.4 cm³/mol. The Hall–Kier alpha value is -2.21. The predicted octanol–water partition coefficient (Wildman–Crippen LogP) is 1.23. The highest BCUT2D eigenvalue weighted by atomic mass is 16.5. The number of carbonyl (C=O) groups is 1. The highest BCUT2D eigenvalue weighted by molar-refractivity contribution is 5.94. The van der Waals surface area contributed by atoms with Crippen LogP contribution >= 0.6 is 0 Å². The smallest absolute Gasteiger partial charge is 0.229 e. The standard InChI is InChI=1S/C17H20N4O2/c1-12-14-4-2-3-5-15(14)16(19-18-12)21-10-13(11-21)17(22)20-6-8-23-9-7-20/h2-5,13H,6-11H2,1H3. The van der Waals surface area contributed by atoms with Crippen molar-refractivity contribution in [3.8, 4) is 0 Å². The molecule has 0 radical (unpaired) electrons. The number of anilines is 1. The van der Waals surface area contributed by atoms with Crippen molar-refractivity contribution in [3.63, 3.8) is 0 Å². The molecule has 2 saturated heterocycles. The summed E-state index contributed by atoms with van der Waals surface area (Å²) >= 11 is 0. The Kier molecular flexibility index (Phi) is 3.61. The van der Waals surface area contributed by atoms with E-state index in [1.54, 1.807) is 0 Å². The zero-order valence-corrected chi connectivity index (χ0v) is 13.2. The Bertz CT molecular complexity index is 736. The van der Waals surface area contributed by atoms with E-state index in [1.165, 1.54) is 0 Å². The van der Waals surface area contributed by atoms with Gasteiger partial charge in [-0.15, -0.1) is 5.10 Å². The Morgan fingerprint density at radius 3 is 2.57 bits per heavy atom. The molecular weight excluding hydrogens is 292 g/mol. The van der Waals surface area contributed by atoms with Gasteiger partial charge in [0.1, 0.15) is 0 Å². The van der Waals surface area contributed by atoms with Crippen molar-refractivity contribution in [1.29, 1.82) is 0 Å². The lowest BCUT2D eigenvalue weighted by atomic mass is 9.97. The molecule has 6 nitrogen and oxygen atoms in total. The summed E-state index contributed by atoms with van der Waals surface area (Å²) in [5.41, 5.74) is 0.936. The SMILES string of the molecule is Cc1nnc(N2CC(C(=O)N3CCOCC3)C2)c2ccccc12. The monoisotopic (exact) mass is 312 g/mol. The number of aromatic nitrogens is 2. The van der Waals surface area contributed by atoms with Crippen molar-refractivity contribution < 1.29 is 9.53 Å². The van der Waals surface area contributed by atoms with Crippen LogP contribution in [-0.4, -0.2) is 60.4 Å². The Morgan fingerprint density at radius 2 is 1.83 bits per heavy atom. The molecule has 0 spiro atoms. The van der Waals surface area contributed by atoms with E-state index in [1.807, 2.05) is 24.0 Å². The summed E-state index contributed by atoms with van der Waals surface area (Å²) in [6.45, 7) is 6.13. The number of fused-ring (bicyclic) bond motifs is 1. The zero-order valence-electron chi connectivity index (χ0n) is 13.2. The average molecular weight is 312 g/mol. The topological polar surface area (TPSA) is 58.6 Å². The van der Waals surface area contributed by atoms with Gasteiger partial charge in [-0.25, -0.2) is 0 Å². The van der Waals surface area contributed by atoms with Crippen LogP contribution in [0.2, 0.25) is 0 Å². The number of nitrogens with zero attached hydrogens (tertiary/aromatic N) is 4. The van der Waals surface area contributed by atoms with Crippen LogP contribution in [0.25, 0.3) is 10.8 Å². The van der Waals surface area contributed by atoms with E-state index in [0.29, 0.717) is 26.3 Å². The van der Waals surface area contributed by atoms with E-state index in [0.717, 1.165) is 35.4 Å². The lowest BCUT2D eigenvalue weighted by Gasteiger charge is -2.42. The molecule has 4 rings (SSSR count). The maximum Gasteiger partial charge on any atom is 0.229 e. The van der Waals surface area contributed by atoms with Crippen LogP contribution in [0.15, 0.2) is 24.3 Å². The summed E-state index contributed by atoms with van der Waals surface area (Å²) in [5.74, 6) is 1.20. The molecular formula is C17H20N4O2. The van der Waals surface area contributed by atoms with Crippen LogP contribution in [0.4, 0.5) is 5.82 Å². The van der Waals surface area contributed by atoms with Crippen molar-refractivity contribution in [3.05, 3.63) is 30.0 Å². The number of morpholine rings is 1. The van der Waals surface area contributed by atoms with Crippen molar-refractivity contribution in [2.45, 2.75) is 6.92 Å². The minimum Gasteiger partial charge on any atom is -0.378 e. The van der Waals surface area contributed by atoms with Gasteiger partial charge in [0.05, 0.1) is 24.8 Å². The molecule has 0 aliphatic carbocycles. The van der Waals surface area contributed by atoms with E-state index < -0.39 is 0 Å². The van der Waals surface area contributed by atoms with Crippen LogP contribution < -0.4 is 4.90 Å². The van der Waals surface area contributed by atoms with Gasteiger partial charge in [0.15, 0.2) is 5.82 Å². The summed E-state index contributed by atoms with van der Waals surface area (Å²) in [7, 11) is 0. The highest BCUT2D eigenvalue weighted by Crippen LogP contribution is 2.31. The molecule has 0 N–H and O–H groups in total. The Morgan fingerprint density at radius 1 is 1.13 bits per heavy atom. The molecule has 2 aliphatic rings.